The van der Waals surface area contributed by atoms with Crippen molar-refractivity contribution in [3.63, 3.8) is 0 Å². The van der Waals surface area contributed by atoms with E-state index in [4.69, 9.17) is 0 Å². The topological polar surface area (TPSA) is 61.8 Å². The van der Waals surface area contributed by atoms with Gasteiger partial charge in [-0.1, -0.05) is 54.2 Å². The zero-order chi connectivity index (χ0) is 19.2. The van der Waals surface area contributed by atoms with Gasteiger partial charge in [0.25, 0.3) is 0 Å². The molecule has 27 heavy (non-hydrogen) atoms. The lowest BCUT2D eigenvalue weighted by atomic mass is 10.2. The number of rotatable bonds is 6. The normalized spacial score (nSPS) is 18.0. The lowest BCUT2D eigenvalue weighted by Crippen LogP contribution is -2.33. The smallest absolute Gasteiger partial charge is 0.242 e. The maximum absolute atomic E-state index is 12.7. The van der Waals surface area contributed by atoms with Gasteiger partial charge in [0.1, 0.15) is 5.25 Å². The fourth-order valence-corrected chi connectivity index (χ4v) is 3.89. The van der Waals surface area contributed by atoms with E-state index in [9.17, 15) is 9.59 Å². The molecule has 2 aromatic rings. The van der Waals surface area contributed by atoms with Gasteiger partial charge in [0.05, 0.1) is 5.69 Å². The Bertz CT molecular complexity index is 880. The minimum atomic E-state index is -0.489. The van der Waals surface area contributed by atoms with Crippen LogP contribution in [0.3, 0.4) is 0 Å². The highest BCUT2D eigenvalue weighted by atomic mass is 32.2. The van der Waals surface area contributed by atoms with Crippen LogP contribution in [0.4, 0.5) is 11.4 Å². The third-order valence-electron chi connectivity index (χ3n) is 4.10. The molecule has 0 spiro atoms. The van der Waals surface area contributed by atoms with Gasteiger partial charge in [-0.15, -0.1) is 6.58 Å². The second-order valence-corrected chi connectivity index (χ2v) is 7.31. The molecule has 1 atom stereocenters. The van der Waals surface area contributed by atoms with Crippen molar-refractivity contribution in [2.75, 3.05) is 11.9 Å². The predicted octanol–water partition coefficient (Wildman–Crippen LogP) is 4.14. The Kier molecular flexibility index (Phi) is 6.08. The highest BCUT2D eigenvalue weighted by Crippen LogP contribution is 2.31. The second-order valence-electron chi connectivity index (χ2n) is 6.14. The first-order valence-electron chi connectivity index (χ1n) is 8.66. The predicted molar refractivity (Wildman–Crippen MR) is 111 cm³/mol. The van der Waals surface area contributed by atoms with E-state index in [1.807, 2.05) is 61.5 Å². The van der Waals surface area contributed by atoms with E-state index < -0.39 is 5.25 Å². The SMILES string of the molecule is C=CCN1C(=O)[C@H](CC(=O)Nc2ccccc2C)SC1=Nc1ccccc1. The number of aliphatic imine (C=N–C) groups is 1. The number of nitrogens with zero attached hydrogens (tertiary/aromatic N) is 2. The maximum Gasteiger partial charge on any atom is 0.242 e. The Morgan fingerprint density at radius 3 is 2.63 bits per heavy atom. The Morgan fingerprint density at radius 2 is 1.93 bits per heavy atom. The lowest BCUT2D eigenvalue weighted by Gasteiger charge is -2.14. The first-order valence-corrected chi connectivity index (χ1v) is 9.54. The van der Waals surface area contributed by atoms with Crippen molar-refractivity contribution < 1.29 is 9.59 Å². The number of carbonyl (C=O) groups is 2. The lowest BCUT2D eigenvalue weighted by molar-refractivity contribution is -0.127. The van der Waals surface area contributed by atoms with Gasteiger partial charge in [0.15, 0.2) is 5.17 Å². The van der Waals surface area contributed by atoms with E-state index in [0.29, 0.717) is 11.7 Å². The number of aryl methyl sites for hydroxylation is 1. The van der Waals surface area contributed by atoms with E-state index in [0.717, 1.165) is 16.9 Å². The highest BCUT2D eigenvalue weighted by Gasteiger charge is 2.38. The van der Waals surface area contributed by atoms with Crippen molar-refractivity contribution in [2.24, 2.45) is 4.99 Å². The molecule has 2 amide bonds. The molecular weight excluding hydrogens is 358 g/mol. The summed E-state index contributed by atoms with van der Waals surface area (Å²) >= 11 is 1.32. The summed E-state index contributed by atoms with van der Waals surface area (Å²) in [5.74, 6) is -0.302. The Balaban J connectivity index is 1.73. The largest absolute Gasteiger partial charge is 0.326 e. The minimum Gasteiger partial charge on any atom is -0.326 e. The molecule has 0 bridgehead atoms. The summed E-state index contributed by atoms with van der Waals surface area (Å²) < 4.78 is 0. The Morgan fingerprint density at radius 1 is 1.22 bits per heavy atom. The van der Waals surface area contributed by atoms with E-state index in [2.05, 4.69) is 16.9 Å². The van der Waals surface area contributed by atoms with Crippen molar-refractivity contribution in [3.05, 3.63) is 72.8 Å². The first-order chi connectivity index (χ1) is 13.1. The molecule has 1 heterocycles. The molecule has 2 aromatic carbocycles. The molecule has 3 rings (SSSR count). The van der Waals surface area contributed by atoms with Gasteiger partial charge in [0, 0.05) is 18.7 Å². The van der Waals surface area contributed by atoms with Crippen LogP contribution in [0.1, 0.15) is 12.0 Å². The molecule has 1 aliphatic heterocycles. The van der Waals surface area contributed by atoms with Crippen molar-refractivity contribution in [3.8, 4) is 0 Å². The van der Waals surface area contributed by atoms with Crippen LogP contribution in [0.25, 0.3) is 0 Å². The van der Waals surface area contributed by atoms with E-state index in [1.165, 1.54) is 11.8 Å². The molecule has 0 aliphatic carbocycles. The number of nitrogens with one attached hydrogen (secondary N) is 1. The van der Waals surface area contributed by atoms with Crippen LogP contribution in [-0.2, 0) is 9.59 Å². The molecule has 0 saturated carbocycles. The van der Waals surface area contributed by atoms with Crippen LogP contribution in [-0.4, -0.2) is 33.7 Å². The molecule has 1 N–H and O–H groups in total. The maximum atomic E-state index is 12.7. The van der Waals surface area contributed by atoms with Gasteiger partial charge in [-0.25, -0.2) is 4.99 Å². The number of thioether (sulfide) groups is 1. The summed E-state index contributed by atoms with van der Waals surface area (Å²) in [7, 11) is 0. The van der Waals surface area contributed by atoms with Gasteiger partial charge in [-0.05, 0) is 30.7 Å². The fourth-order valence-electron chi connectivity index (χ4n) is 2.72. The van der Waals surface area contributed by atoms with Crippen LogP contribution >= 0.6 is 11.8 Å². The minimum absolute atomic E-state index is 0.0965. The third kappa shape index (κ3) is 4.65. The van der Waals surface area contributed by atoms with Crippen LogP contribution in [0.15, 0.2) is 72.2 Å². The highest BCUT2D eigenvalue weighted by molar-refractivity contribution is 8.15. The van der Waals surface area contributed by atoms with Crippen LogP contribution in [0.5, 0.6) is 0 Å². The van der Waals surface area contributed by atoms with Crippen molar-refractivity contribution in [1.82, 2.24) is 4.90 Å². The van der Waals surface area contributed by atoms with Crippen LogP contribution in [0.2, 0.25) is 0 Å². The zero-order valence-corrected chi connectivity index (χ0v) is 15.9. The van der Waals surface area contributed by atoms with Crippen LogP contribution in [0, 0.1) is 6.92 Å². The summed E-state index contributed by atoms with van der Waals surface area (Å²) in [6.45, 7) is 6.01. The molecule has 1 fully saturated rings. The summed E-state index contributed by atoms with van der Waals surface area (Å²) in [6, 6.07) is 17.0. The van der Waals surface area contributed by atoms with E-state index >= 15 is 0 Å². The first kappa shape index (κ1) is 18.9. The number of amidine groups is 1. The number of carbonyl (C=O) groups excluding carboxylic acids is 2. The fraction of sp³-hybridized carbons (Fsp3) is 0.190. The van der Waals surface area contributed by atoms with Crippen molar-refractivity contribution in [2.45, 2.75) is 18.6 Å². The Hall–Kier alpha value is -2.86. The zero-order valence-electron chi connectivity index (χ0n) is 15.1. The van der Waals surface area contributed by atoms with Gasteiger partial charge < -0.3 is 5.32 Å². The van der Waals surface area contributed by atoms with Gasteiger partial charge in [-0.3, -0.25) is 14.5 Å². The quantitative estimate of drug-likeness (QED) is 0.767. The number of amides is 2. The summed E-state index contributed by atoms with van der Waals surface area (Å²) in [5.41, 5.74) is 2.52. The summed E-state index contributed by atoms with van der Waals surface area (Å²) in [4.78, 5) is 31.3. The average Bonchev–Trinajstić information content (AvgIpc) is 2.93. The van der Waals surface area contributed by atoms with E-state index in [1.54, 1.807) is 11.0 Å². The molecule has 138 valence electrons. The molecule has 6 heteroatoms. The number of anilines is 1. The average molecular weight is 379 g/mol. The number of hydrogen-bond donors (Lipinski definition) is 1. The molecule has 5 nitrogen and oxygen atoms in total. The monoisotopic (exact) mass is 379 g/mol. The Labute approximate surface area is 163 Å². The third-order valence-corrected chi connectivity index (χ3v) is 5.28. The number of hydrogen-bond acceptors (Lipinski definition) is 4. The molecule has 0 radical (unpaired) electrons. The van der Waals surface area contributed by atoms with Gasteiger partial charge in [0.2, 0.25) is 11.8 Å². The molecule has 1 aliphatic rings. The second kappa shape index (κ2) is 8.68. The molecule has 1 saturated heterocycles. The van der Waals surface area contributed by atoms with Gasteiger partial charge in [-0.2, -0.15) is 0 Å². The summed E-state index contributed by atoms with van der Waals surface area (Å²) in [5, 5.41) is 2.99. The standard InChI is InChI=1S/C21H21N3O2S/c1-3-13-24-20(26)18(27-21(24)22-16-10-5-4-6-11-16)14-19(25)23-17-12-8-7-9-15(17)2/h3-12,18H,1,13-14H2,2H3,(H,23,25)/t18-/m0/s1. The molecule has 0 aromatic heterocycles. The number of benzene rings is 2. The molecule has 0 unspecified atom stereocenters. The summed E-state index contributed by atoms with van der Waals surface area (Å²) in [6.07, 6.45) is 1.76. The number of para-hydroxylation sites is 2. The van der Waals surface area contributed by atoms with E-state index in [-0.39, 0.29) is 18.2 Å². The molecular formula is C21H21N3O2S. The van der Waals surface area contributed by atoms with Crippen LogP contribution < -0.4 is 5.32 Å². The van der Waals surface area contributed by atoms with Crippen molar-refractivity contribution in [1.29, 1.82) is 0 Å². The van der Waals surface area contributed by atoms with Crippen molar-refractivity contribution >= 4 is 40.1 Å². The van der Waals surface area contributed by atoms with Gasteiger partial charge >= 0.3 is 0 Å².